The Morgan fingerprint density at radius 3 is 2.00 bits per heavy atom. The highest BCUT2D eigenvalue weighted by atomic mass is 32.2. The molecule has 2 aliphatic heterocycles. The van der Waals surface area contributed by atoms with Crippen LogP contribution in [0.4, 0.5) is 0 Å². The van der Waals surface area contributed by atoms with Crippen molar-refractivity contribution in [3.05, 3.63) is 29.8 Å². The second-order valence-electron chi connectivity index (χ2n) is 6.93. The number of rotatable bonds is 3. The lowest BCUT2D eigenvalue weighted by atomic mass is 10.0. The summed E-state index contributed by atoms with van der Waals surface area (Å²) in [6.07, 6.45) is 4.89. The van der Waals surface area contributed by atoms with Crippen molar-refractivity contribution in [3.63, 3.8) is 0 Å². The molecule has 6 nitrogen and oxygen atoms in total. The molecule has 3 rings (SSSR count). The minimum absolute atomic E-state index is 0.0495. The summed E-state index contributed by atoms with van der Waals surface area (Å²) in [6.45, 7) is 3.03. The number of hydrogen-bond donors (Lipinski definition) is 0. The quantitative estimate of drug-likeness (QED) is 0.818. The van der Waals surface area contributed by atoms with Crippen molar-refractivity contribution in [1.82, 2.24) is 9.80 Å². The number of carbonyl (C=O) groups is 2. The molecule has 0 saturated carbocycles. The molecule has 0 spiro atoms. The van der Waals surface area contributed by atoms with E-state index in [9.17, 15) is 18.0 Å². The van der Waals surface area contributed by atoms with Crippen molar-refractivity contribution in [2.75, 3.05) is 19.3 Å². The average Bonchev–Trinajstić information content (AvgIpc) is 3.21. The maximum Gasteiger partial charge on any atom is 0.254 e. The molecule has 1 aromatic carbocycles. The molecule has 0 aromatic heterocycles. The highest BCUT2D eigenvalue weighted by molar-refractivity contribution is 7.90. The maximum atomic E-state index is 12.9. The molecule has 2 saturated heterocycles. The van der Waals surface area contributed by atoms with Gasteiger partial charge >= 0.3 is 0 Å². The standard InChI is InChI=1S/C18H24N2O4S/c1-13(21)19-11-3-5-16(19)17-6-4-12-20(17)18(22)14-7-9-15(10-8-14)25(2,23)24/h7-10,16-17H,3-6,11-12H2,1-2H3/t16-,17+/m0/s1. The number of hydrogen-bond acceptors (Lipinski definition) is 4. The Bertz CT molecular complexity index is 773. The molecule has 2 heterocycles. The lowest BCUT2D eigenvalue weighted by Crippen LogP contribution is -2.49. The summed E-state index contributed by atoms with van der Waals surface area (Å²) >= 11 is 0. The lowest BCUT2D eigenvalue weighted by Gasteiger charge is -2.34. The van der Waals surface area contributed by atoms with E-state index in [2.05, 4.69) is 0 Å². The molecule has 0 radical (unpaired) electrons. The molecule has 2 aliphatic rings. The smallest absolute Gasteiger partial charge is 0.254 e. The number of nitrogens with zero attached hydrogens (tertiary/aromatic N) is 2. The van der Waals surface area contributed by atoms with Crippen molar-refractivity contribution in [2.24, 2.45) is 0 Å². The summed E-state index contributed by atoms with van der Waals surface area (Å²) in [5, 5.41) is 0. The van der Waals surface area contributed by atoms with Crippen molar-refractivity contribution in [3.8, 4) is 0 Å². The van der Waals surface area contributed by atoms with Gasteiger partial charge in [-0.25, -0.2) is 8.42 Å². The highest BCUT2D eigenvalue weighted by Crippen LogP contribution is 2.31. The summed E-state index contributed by atoms with van der Waals surface area (Å²) < 4.78 is 23.1. The van der Waals surface area contributed by atoms with Crippen molar-refractivity contribution < 1.29 is 18.0 Å². The van der Waals surface area contributed by atoms with Gasteiger partial charge in [0.1, 0.15) is 0 Å². The van der Waals surface area contributed by atoms with Crippen LogP contribution in [0.15, 0.2) is 29.2 Å². The normalized spacial score (nSPS) is 23.9. The van der Waals surface area contributed by atoms with Crippen molar-refractivity contribution in [1.29, 1.82) is 0 Å². The van der Waals surface area contributed by atoms with E-state index in [4.69, 9.17) is 0 Å². The minimum Gasteiger partial charge on any atom is -0.338 e. The molecule has 2 atom stereocenters. The third-order valence-corrected chi connectivity index (χ3v) is 6.37. The molecule has 0 unspecified atom stereocenters. The van der Waals surface area contributed by atoms with E-state index < -0.39 is 9.84 Å². The van der Waals surface area contributed by atoms with Gasteiger partial charge in [0.15, 0.2) is 9.84 Å². The van der Waals surface area contributed by atoms with Crippen LogP contribution in [0, 0.1) is 0 Å². The predicted octanol–water partition coefficient (Wildman–Crippen LogP) is 1.71. The van der Waals surface area contributed by atoms with Gasteiger partial charge in [-0.15, -0.1) is 0 Å². The Labute approximate surface area is 148 Å². The summed E-state index contributed by atoms with van der Waals surface area (Å²) in [4.78, 5) is 28.7. The molecular weight excluding hydrogens is 340 g/mol. The second kappa shape index (κ2) is 6.78. The van der Waals surface area contributed by atoms with Gasteiger partial charge in [-0.3, -0.25) is 9.59 Å². The first-order chi connectivity index (χ1) is 11.8. The largest absolute Gasteiger partial charge is 0.338 e. The van der Waals surface area contributed by atoms with E-state index in [1.165, 1.54) is 12.1 Å². The van der Waals surface area contributed by atoms with E-state index in [-0.39, 0.29) is 28.8 Å². The molecule has 2 fully saturated rings. The average molecular weight is 364 g/mol. The van der Waals surface area contributed by atoms with Crippen LogP contribution in [0.1, 0.15) is 43.0 Å². The van der Waals surface area contributed by atoms with Crippen LogP contribution in [0.2, 0.25) is 0 Å². The summed E-state index contributed by atoms with van der Waals surface area (Å²) in [5.41, 5.74) is 0.492. The van der Waals surface area contributed by atoms with Gasteiger partial charge in [0.25, 0.3) is 5.91 Å². The van der Waals surface area contributed by atoms with Gasteiger partial charge in [0.2, 0.25) is 5.91 Å². The van der Waals surface area contributed by atoms with Crippen molar-refractivity contribution in [2.45, 2.75) is 49.6 Å². The molecule has 0 N–H and O–H groups in total. The molecular formula is C18H24N2O4S. The van der Waals surface area contributed by atoms with Gasteiger partial charge in [-0.2, -0.15) is 0 Å². The zero-order valence-electron chi connectivity index (χ0n) is 14.6. The van der Waals surface area contributed by atoms with Crippen LogP contribution in [-0.2, 0) is 14.6 Å². The summed E-state index contributed by atoms with van der Waals surface area (Å²) in [7, 11) is -3.27. The molecule has 0 bridgehead atoms. The zero-order chi connectivity index (χ0) is 18.2. The first kappa shape index (κ1) is 17.9. The number of amides is 2. The van der Waals surface area contributed by atoms with E-state index in [0.717, 1.165) is 38.5 Å². The predicted molar refractivity (Wildman–Crippen MR) is 94.0 cm³/mol. The van der Waals surface area contributed by atoms with Crippen LogP contribution in [-0.4, -0.2) is 61.5 Å². The van der Waals surface area contributed by atoms with E-state index in [1.54, 1.807) is 19.1 Å². The fourth-order valence-corrected chi connectivity index (χ4v) is 4.67. The Morgan fingerprint density at radius 1 is 0.960 bits per heavy atom. The second-order valence-corrected chi connectivity index (χ2v) is 8.94. The Balaban J connectivity index is 1.80. The van der Waals surface area contributed by atoms with Gasteiger partial charge in [-0.1, -0.05) is 0 Å². The van der Waals surface area contributed by atoms with Crippen LogP contribution < -0.4 is 0 Å². The number of sulfone groups is 1. The summed E-state index contributed by atoms with van der Waals surface area (Å²) in [5.74, 6) is -0.0164. The number of benzene rings is 1. The Hall–Kier alpha value is -1.89. The molecule has 1 aromatic rings. The van der Waals surface area contributed by atoms with Crippen LogP contribution in [0.25, 0.3) is 0 Å². The topological polar surface area (TPSA) is 74.8 Å². The monoisotopic (exact) mass is 364 g/mol. The third kappa shape index (κ3) is 3.56. The third-order valence-electron chi connectivity index (χ3n) is 5.24. The fraction of sp³-hybridized carbons (Fsp3) is 0.556. The van der Waals surface area contributed by atoms with E-state index >= 15 is 0 Å². The fourth-order valence-electron chi connectivity index (χ4n) is 4.04. The van der Waals surface area contributed by atoms with Crippen LogP contribution in [0.5, 0.6) is 0 Å². The van der Waals surface area contributed by atoms with Gasteiger partial charge in [-0.05, 0) is 49.9 Å². The molecule has 2 amide bonds. The lowest BCUT2D eigenvalue weighted by molar-refractivity contribution is -0.130. The summed E-state index contributed by atoms with van der Waals surface area (Å²) in [6, 6.07) is 6.25. The SMILES string of the molecule is CC(=O)N1CCC[C@H]1[C@H]1CCCN1C(=O)c1ccc(S(C)(=O)=O)cc1. The van der Waals surface area contributed by atoms with E-state index in [1.807, 2.05) is 9.80 Å². The first-order valence-electron chi connectivity index (χ1n) is 8.67. The minimum atomic E-state index is -3.27. The van der Waals surface area contributed by atoms with Crippen LogP contribution >= 0.6 is 0 Å². The maximum absolute atomic E-state index is 12.9. The molecule has 7 heteroatoms. The number of likely N-dealkylation sites (tertiary alicyclic amines) is 2. The molecule has 136 valence electrons. The molecule has 0 aliphatic carbocycles. The number of carbonyl (C=O) groups excluding carboxylic acids is 2. The van der Waals surface area contributed by atoms with Crippen LogP contribution in [0.3, 0.4) is 0 Å². The van der Waals surface area contributed by atoms with Gasteiger partial charge in [0, 0.05) is 31.8 Å². The molecule has 25 heavy (non-hydrogen) atoms. The van der Waals surface area contributed by atoms with E-state index in [0.29, 0.717) is 12.1 Å². The van der Waals surface area contributed by atoms with Gasteiger partial charge in [0.05, 0.1) is 17.0 Å². The Kier molecular flexibility index (Phi) is 4.86. The zero-order valence-corrected chi connectivity index (χ0v) is 15.5. The van der Waals surface area contributed by atoms with Crippen molar-refractivity contribution >= 4 is 21.7 Å². The Morgan fingerprint density at radius 2 is 1.48 bits per heavy atom. The first-order valence-corrected chi connectivity index (χ1v) is 10.6. The van der Waals surface area contributed by atoms with Gasteiger partial charge < -0.3 is 9.80 Å². The highest BCUT2D eigenvalue weighted by Gasteiger charge is 2.40.